The van der Waals surface area contributed by atoms with Crippen molar-refractivity contribution in [1.29, 1.82) is 0 Å². The average molecular weight is 294 g/mol. The van der Waals surface area contributed by atoms with E-state index in [-0.39, 0.29) is 0 Å². The van der Waals surface area contributed by atoms with Crippen LogP contribution in [-0.2, 0) is 16.8 Å². The number of hydrogen-bond donors (Lipinski definition) is 0. The second kappa shape index (κ2) is 4.44. The third kappa shape index (κ3) is 2.88. The number of halogens is 1. The maximum atomic E-state index is 11.7. The summed E-state index contributed by atoms with van der Waals surface area (Å²) in [5, 5.41) is 3.89. The first kappa shape index (κ1) is 12.4. The SMILES string of the molecule is CCS(C)(=O)=NC(=O)c1c(Br)cnn1C. The summed E-state index contributed by atoms with van der Waals surface area (Å²) in [6, 6.07) is 0. The summed E-state index contributed by atoms with van der Waals surface area (Å²) in [5.74, 6) is -0.148. The zero-order valence-corrected chi connectivity index (χ0v) is 11.1. The smallest absolute Gasteiger partial charge is 0.264 e. The molecule has 15 heavy (non-hydrogen) atoms. The number of nitrogens with zero attached hydrogens (tertiary/aromatic N) is 3. The van der Waals surface area contributed by atoms with Crippen LogP contribution in [-0.4, -0.2) is 31.9 Å². The Kier molecular flexibility index (Phi) is 3.67. The van der Waals surface area contributed by atoms with Crippen LogP contribution in [0.15, 0.2) is 15.0 Å². The average Bonchev–Trinajstić information content (AvgIpc) is 2.45. The van der Waals surface area contributed by atoms with E-state index in [2.05, 4.69) is 25.4 Å². The van der Waals surface area contributed by atoms with Crippen LogP contribution in [0.1, 0.15) is 17.4 Å². The third-order valence-electron chi connectivity index (χ3n) is 1.91. The monoisotopic (exact) mass is 293 g/mol. The predicted octanol–water partition coefficient (Wildman–Crippen LogP) is 1.44. The van der Waals surface area contributed by atoms with E-state index < -0.39 is 15.6 Å². The van der Waals surface area contributed by atoms with Crippen molar-refractivity contribution in [1.82, 2.24) is 9.78 Å². The molecular weight excluding hydrogens is 282 g/mol. The van der Waals surface area contributed by atoms with Crippen molar-refractivity contribution in [2.45, 2.75) is 6.92 Å². The van der Waals surface area contributed by atoms with Gasteiger partial charge in [0.05, 0.1) is 20.4 Å². The number of aromatic nitrogens is 2. The Morgan fingerprint density at radius 1 is 1.73 bits per heavy atom. The molecule has 0 aliphatic heterocycles. The maximum absolute atomic E-state index is 11.7. The van der Waals surface area contributed by atoms with E-state index in [0.29, 0.717) is 15.9 Å². The second-order valence-electron chi connectivity index (χ2n) is 3.11. The highest BCUT2D eigenvalue weighted by atomic mass is 79.9. The highest BCUT2D eigenvalue weighted by Crippen LogP contribution is 2.16. The molecule has 0 aliphatic carbocycles. The highest BCUT2D eigenvalue weighted by molar-refractivity contribution is 9.10. The van der Waals surface area contributed by atoms with Gasteiger partial charge in [-0.05, 0) is 15.9 Å². The minimum atomic E-state index is -2.41. The van der Waals surface area contributed by atoms with Gasteiger partial charge in [0.2, 0.25) is 0 Å². The molecule has 0 aliphatic rings. The van der Waals surface area contributed by atoms with Crippen LogP contribution in [0.25, 0.3) is 0 Å². The van der Waals surface area contributed by atoms with Gasteiger partial charge in [-0.25, -0.2) is 4.21 Å². The number of carbonyl (C=O) groups is 1. The van der Waals surface area contributed by atoms with Crippen molar-refractivity contribution in [2.24, 2.45) is 11.4 Å². The Balaban J connectivity index is 3.18. The molecule has 1 atom stereocenters. The van der Waals surface area contributed by atoms with E-state index in [4.69, 9.17) is 0 Å². The molecule has 0 aromatic carbocycles. The molecule has 0 N–H and O–H groups in total. The molecule has 1 rings (SSSR count). The molecule has 0 radical (unpaired) electrons. The normalized spacial score (nSPS) is 14.7. The fraction of sp³-hybridized carbons (Fsp3) is 0.500. The standard InChI is InChI=1S/C8H12BrN3O2S/c1-4-15(3,14)11-8(13)7-6(9)5-10-12(7)2/h5H,4H2,1-3H3. The molecule has 0 bridgehead atoms. The number of amides is 1. The van der Waals surface area contributed by atoms with Crippen LogP contribution in [0, 0.1) is 0 Å². The van der Waals surface area contributed by atoms with Crippen molar-refractivity contribution in [3.63, 3.8) is 0 Å². The van der Waals surface area contributed by atoms with E-state index in [1.165, 1.54) is 17.1 Å². The lowest BCUT2D eigenvalue weighted by molar-refractivity contribution is 0.0995. The predicted molar refractivity (Wildman–Crippen MR) is 62.3 cm³/mol. The summed E-state index contributed by atoms with van der Waals surface area (Å²) in [6.07, 6.45) is 2.97. The molecule has 1 heterocycles. The Morgan fingerprint density at radius 2 is 2.33 bits per heavy atom. The molecule has 0 saturated carbocycles. The number of rotatable bonds is 2. The van der Waals surface area contributed by atoms with Gasteiger partial charge in [-0.1, -0.05) is 6.92 Å². The Labute approximate surface area is 97.2 Å². The first-order valence-corrected chi connectivity index (χ1v) is 7.17. The zero-order valence-electron chi connectivity index (χ0n) is 8.73. The zero-order chi connectivity index (χ0) is 11.6. The fourth-order valence-corrected chi connectivity index (χ4v) is 2.02. The van der Waals surface area contributed by atoms with Crippen LogP contribution in [0.2, 0.25) is 0 Å². The highest BCUT2D eigenvalue weighted by Gasteiger charge is 2.15. The fourth-order valence-electron chi connectivity index (χ4n) is 0.934. The lowest BCUT2D eigenvalue weighted by atomic mass is 10.4. The van der Waals surface area contributed by atoms with Gasteiger partial charge in [0, 0.05) is 19.1 Å². The van der Waals surface area contributed by atoms with Crippen molar-refractivity contribution in [2.75, 3.05) is 12.0 Å². The van der Waals surface area contributed by atoms with E-state index in [0.717, 1.165) is 0 Å². The van der Waals surface area contributed by atoms with Crippen LogP contribution in [0.4, 0.5) is 0 Å². The number of aryl methyl sites for hydroxylation is 1. The van der Waals surface area contributed by atoms with Gasteiger partial charge in [-0.15, -0.1) is 0 Å². The molecule has 5 nitrogen and oxygen atoms in total. The first-order chi connectivity index (χ1) is 6.87. The van der Waals surface area contributed by atoms with Gasteiger partial charge in [0.15, 0.2) is 0 Å². The minimum Gasteiger partial charge on any atom is -0.264 e. The topological polar surface area (TPSA) is 64.3 Å². The summed E-state index contributed by atoms with van der Waals surface area (Å²) in [5.41, 5.74) is 0.318. The van der Waals surface area contributed by atoms with Crippen LogP contribution in [0.3, 0.4) is 0 Å². The van der Waals surface area contributed by atoms with Crippen molar-refractivity contribution >= 4 is 31.6 Å². The number of carbonyl (C=O) groups excluding carboxylic acids is 1. The van der Waals surface area contributed by atoms with Gasteiger partial charge in [-0.3, -0.25) is 9.48 Å². The van der Waals surface area contributed by atoms with Crippen LogP contribution < -0.4 is 0 Å². The lowest BCUT2D eigenvalue weighted by Gasteiger charge is -2.00. The molecule has 1 unspecified atom stereocenters. The van der Waals surface area contributed by atoms with E-state index in [1.54, 1.807) is 14.0 Å². The summed E-state index contributed by atoms with van der Waals surface area (Å²) >= 11 is 3.19. The molecular formula is C8H12BrN3O2S. The third-order valence-corrected chi connectivity index (χ3v) is 4.11. The Bertz CT molecular complexity index is 480. The summed E-state index contributed by atoms with van der Waals surface area (Å²) in [4.78, 5) is 11.7. The van der Waals surface area contributed by atoms with E-state index in [9.17, 15) is 9.00 Å². The largest absolute Gasteiger partial charge is 0.304 e. The lowest BCUT2D eigenvalue weighted by Crippen LogP contribution is -2.09. The van der Waals surface area contributed by atoms with Crippen molar-refractivity contribution in [3.05, 3.63) is 16.4 Å². The summed E-state index contributed by atoms with van der Waals surface area (Å²) in [6.45, 7) is 1.73. The molecule has 0 fully saturated rings. The first-order valence-electron chi connectivity index (χ1n) is 4.29. The van der Waals surface area contributed by atoms with Gasteiger partial charge in [0.25, 0.3) is 0 Å². The van der Waals surface area contributed by atoms with Crippen LogP contribution in [0.5, 0.6) is 0 Å². The molecule has 7 heteroatoms. The molecule has 1 aromatic rings. The molecule has 84 valence electrons. The van der Waals surface area contributed by atoms with E-state index in [1.807, 2.05) is 0 Å². The van der Waals surface area contributed by atoms with Gasteiger partial charge in [0.1, 0.15) is 5.69 Å². The summed E-state index contributed by atoms with van der Waals surface area (Å²) in [7, 11) is -0.779. The van der Waals surface area contributed by atoms with E-state index >= 15 is 0 Å². The summed E-state index contributed by atoms with van der Waals surface area (Å²) < 4.78 is 17.3. The Morgan fingerprint density at radius 3 is 2.73 bits per heavy atom. The maximum Gasteiger partial charge on any atom is 0.304 e. The second-order valence-corrected chi connectivity index (χ2v) is 6.64. The van der Waals surface area contributed by atoms with Gasteiger partial charge < -0.3 is 0 Å². The molecule has 0 spiro atoms. The number of hydrogen-bond acceptors (Lipinski definition) is 3. The van der Waals surface area contributed by atoms with Crippen molar-refractivity contribution in [3.8, 4) is 0 Å². The van der Waals surface area contributed by atoms with Gasteiger partial charge >= 0.3 is 5.91 Å². The van der Waals surface area contributed by atoms with Gasteiger partial charge in [-0.2, -0.15) is 9.46 Å². The van der Waals surface area contributed by atoms with Crippen LogP contribution >= 0.6 is 15.9 Å². The molecule has 1 aromatic heterocycles. The Hall–Kier alpha value is -0.690. The minimum absolute atomic E-state index is 0.318. The molecule has 1 amide bonds. The molecule has 0 saturated heterocycles. The van der Waals surface area contributed by atoms with Crippen molar-refractivity contribution < 1.29 is 9.00 Å². The quantitative estimate of drug-likeness (QED) is 0.829.